The van der Waals surface area contributed by atoms with Crippen molar-refractivity contribution in [3.63, 3.8) is 0 Å². The van der Waals surface area contributed by atoms with Gasteiger partial charge < -0.3 is 14.6 Å². The molecule has 1 unspecified atom stereocenters. The highest BCUT2D eigenvalue weighted by molar-refractivity contribution is 4.74. The van der Waals surface area contributed by atoms with Gasteiger partial charge in [0.15, 0.2) is 0 Å². The molecule has 0 aromatic rings. The molecule has 1 aliphatic rings. The van der Waals surface area contributed by atoms with Gasteiger partial charge in [-0.2, -0.15) is 0 Å². The minimum atomic E-state index is 0.318. The Bertz CT molecular complexity index is 144. The molecular weight excluding hydrogens is 192 g/mol. The molecular formula is C12H24O3. The maximum Gasteiger partial charge on any atom is 0.0700 e. The van der Waals surface area contributed by atoms with E-state index in [1.165, 1.54) is 25.7 Å². The van der Waals surface area contributed by atoms with Crippen LogP contribution >= 0.6 is 0 Å². The summed E-state index contributed by atoms with van der Waals surface area (Å²) in [7, 11) is 1.68. The smallest absolute Gasteiger partial charge is 0.0700 e. The van der Waals surface area contributed by atoms with Crippen molar-refractivity contribution in [3.8, 4) is 0 Å². The highest BCUT2D eigenvalue weighted by atomic mass is 16.5. The number of aliphatic hydroxyl groups excluding tert-OH is 1. The first kappa shape index (κ1) is 12.9. The zero-order valence-electron chi connectivity index (χ0n) is 9.78. The van der Waals surface area contributed by atoms with E-state index in [4.69, 9.17) is 9.47 Å². The molecule has 0 amide bonds. The van der Waals surface area contributed by atoms with Gasteiger partial charge in [-0.25, -0.2) is 0 Å². The maximum absolute atomic E-state index is 9.31. The SMILES string of the molecule is COCCOCCC(CO)C1CCCC1. The highest BCUT2D eigenvalue weighted by Crippen LogP contribution is 2.32. The fourth-order valence-corrected chi connectivity index (χ4v) is 2.38. The summed E-state index contributed by atoms with van der Waals surface area (Å²) in [6.45, 7) is 2.40. The summed E-state index contributed by atoms with van der Waals surface area (Å²) in [6, 6.07) is 0. The molecule has 1 fully saturated rings. The summed E-state index contributed by atoms with van der Waals surface area (Å²) in [5.41, 5.74) is 0. The van der Waals surface area contributed by atoms with Crippen LogP contribution in [0.25, 0.3) is 0 Å². The summed E-state index contributed by atoms with van der Waals surface area (Å²) < 4.78 is 10.3. The zero-order valence-corrected chi connectivity index (χ0v) is 9.78. The lowest BCUT2D eigenvalue weighted by molar-refractivity contribution is 0.0516. The second-order valence-electron chi connectivity index (χ2n) is 4.38. The molecule has 1 atom stereocenters. The van der Waals surface area contributed by atoms with Crippen molar-refractivity contribution in [3.05, 3.63) is 0 Å². The Hall–Kier alpha value is -0.120. The molecule has 3 nitrogen and oxygen atoms in total. The van der Waals surface area contributed by atoms with E-state index in [9.17, 15) is 5.11 Å². The van der Waals surface area contributed by atoms with Crippen LogP contribution in [0.2, 0.25) is 0 Å². The second-order valence-corrected chi connectivity index (χ2v) is 4.38. The maximum atomic E-state index is 9.31. The minimum absolute atomic E-state index is 0.318. The van der Waals surface area contributed by atoms with Gasteiger partial charge in [0.2, 0.25) is 0 Å². The Balaban J connectivity index is 2.05. The number of aliphatic hydroxyl groups is 1. The van der Waals surface area contributed by atoms with E-state index in [0.29, 0.717) is 25.7 Å². The summed E-state index contributed by atoms with van der Waals surface area (Å²) in [6.07, 6.45) is 6.26. The van der Waals surface area contributed by atoms with Crippen molar-refractivity contribution in [1.29, 1.82) is 0 Å². The van der Waals surface area contributed by atoms with Gasteiger partial charge in [-0.1, -0.05) is 25.7 Å². The zero-order chi connectivity index (χ0) is 10.9. The van der Waals surface area contributed by atoms with Crippen molar-refractivity contribution in [1.82, 2.24) is 0 Å². The van der Waals surface area contributed by atoms with E-state index in [-0.39, 0.29) is 0 Å². The topological polar surface area (TPSA) is 38.7 Å². The van der Waals surface area contributed by atoms with Crippen LogP contribution in [-0.4, -0.2) is 38.6 Å². The van der Waals surface area contributed by atoms with Crippen LogP contribution in [-0.2, 0) is 9.47 Å². The summed E-state index contributed by atoms with van der Waals surface area (Å²) >= 11 is 0. The standard InChI is InChI=1S/C12H24O3/c1-14-8-9-15-7-6-12(10-13)11-4-2-3-5-11/h11-13H,2-10H2,1H3. The van der Waals surface area contributed by atoms with E-state index in [2.05, 4.69) is 0 Å². The van der Waals surface area contributed by atoms with E-state index in [1.807, 2.05) is 0 Å². The van der Waals surface area contributed by atoms with Crippen LogP contribution < -0.4 is 0 Å². The van der Waals surface area contributed by atoms with Crippen molar-refractivity contribution in [2.45, 2.75) is 32.1 Å². The van der Waals surface area contributed by atoms with Crippen molar-refractivity contribution in [2.24, 2.45) is 11.8 Å². The molecule has 1 N–H and O–H groups in total. The van der Waals surface area contributed by atoms with Gasteiger partial charge in [-0.15, -0.1) is 0 Å². The molecule has 0 saturated heterocycles. The normalized spacial score (nSPS) is 19.6. The first-order valence-electron chi connectivity index (χ1n) is 6.06. The van der Waals surface area contributed by atoms with Crippen LogP contribution in [0.15, 0.2) is 0 Å². The Kier molecular flexibility index (Phi) is 6.98. The predicted octanol–water partition coefficient (Wildman–Crippen LogP) is 1.84. The molecule has 1 rings (SSSR count). The third-order valence-corrected chi connectivity index (χ3v) is 3.37. The molecule has 1 aliphatic carbocycles. The molecule has 1 saturated carbocycles. The number of hydrogen-bond acceptors (Lipinski definition) is 3. The molecule has 0 bridgehead atoms. The van der Waals surface area contributed by atoms with Gasteiger partial charge in [-0.05, 0) is 18.3 Å². The van der Waals surface area contributed by atoms with Gasteiger partial charge in [0, 0.05) is 20.3 Å². The quantitative estimate of drug-likeness (QED) is 0.629. The minimum Gasteiger partial charge on any atom is -0.396 e. The molecule has 0 spiro atoms. The number of rotatable bonds is 8. The molecule has 0 heterocycles. The first-order chi connectivity index (χ1) is 7.38. The van der Waals surface area contributed by atoms with E-state index < -0.39 is 0 Å². The predicted molar refractivity (Wildman–Crippen MR) is 59.8 cm³/mol. The van der Waals surface area contributed by atoms with E-state index in [0.717, 1.165) is 18.9 Å². The summed E-state index contributed by atoms with van der Waals surface area (Å²) in [5, 5.41) is 9.31. The van der Waals surface area contributed by atoms with Gasteiger partial charge in [0.25, 0.3) is 0 Å². The molecule has 15 heavy (non-hydrogen) atoms. The number of ether oxygens (including phenoxy) is 2. The monoisotopic (exact) mass is 216 g/mol. The van der Waals surface area contributed by atoms with Crippen LogP contribution in [0.3, 0.4) is 0 Å². The van der Waals surface area contributed by atoms with Crippen molar-refractivity contribution < 1.29 is 14.6 Å². The average molecular weight is 216 g/mol. The highest BCUT2D eigenvalue weighted by Gasteiger charge is 2.23. The summed E-state index contributed by atoms with van der Waals surface area (Å²) in [4.78, 5) is 0. The molecule has 0 aromatic carbocycles. The van der Waals surface area contributed by atoms with E-state index >= 15 is 0 Å². The van der Waals surface area contributed by atoms with Crippen molar-refractivity contribution in [2.75, 3.05) is 33.5 Å². The van der Waals surface area contributed by atoms with Gasteiger partial charge in [0.1, 0.15) is 0 Å². The van der Waals surface area contributed by atoms with Crippen LogP contribution in [0.1, 0.15) is 32.1 Å². The number of hydrogen-bond donors (Lipinski definition) is 1. The Labute approximate surface area is 92.8 Å². The molecule has 0 aromatic heterocycles. The molecule has 3 heteroatoms. The first-order valence-corrected chi connectivity index (χ1v) is 6.06. The lowest BCUT2D eigenvalue weighted by Crippen LogP contribution is -2.18. The second kappa shape index (κ2) is 8.08. The van der Waals surface area contributed by atoms with E-state index in [1.54, 1.807) is 7.11 Å². The third kappa shape index (κ3) is 4.96. The van der Waals surface area contributed by atoms with Crippen LogP contribution in [0.4, 0.5) is 0 Å². The fraction of sp³-hybridized carbons (Fsp3) is 1.00. The Morgan fingerprint density at radius 2 is 1.93 bits per heavy atom. The average Bonchev–Trinajstić information content (AvgIpc) is 2.77. The largest absolute Gasteiger partial charge is 0.396 e. The van der Waals surface area contributed by atoms with Crippen molar-refractivity contribution >= 4 is 0 Å². The van der Waals surface area contributed by atoms with Gasteiger partial charge in [-0.3, -0.25) is 0 Å². The Morgan fingerprint density at radius 3 is 2.53 bits per heavy atom. The molecule has 0 radical (unpaired) electrons. The fourth-order valence-electron chi connectivity index (χ4n) is 2.38. The van der Waals surface area contributed by atoms with Crippen LogP contribution in [0, 0.1) is 11.8 Å². The Morgan fingerprint density at radius 1 is 1.20 bits per heavy atom. The lowest BCUT2D eigenvalue weighted by atomic mass is 9.89. The molecule has 90 valence electrons. The number of methoxy groups -OCH3 is 1. The summed E-state index contributed by atoms with van der Waals surface area (Å²) in [5.74, 6) is 1.19. The molecule has 0 aliphatic heterocycles. The lowest BCUT2D eigenvalue weighted by Gasteiger charge is -2.20. The van der Waals surface area contributed by atoms with Gasteiger partial charge in [0.05, 0.1) is 13.2 Å². The third-order valence-electron chi connectivity index (χ3n) is 3.37. The van der Waals surface area contributed by atoms with Crippen LogP contribution in [0.5, 0.6) is 0 Å². The van der Waals surface area contributed by atoms with Gasteiger partial charge >= 0.3 is 0 Å².